The van der Waals surface area contributed by atoms with Gasteiger partial charge in [0.05, 0.1) is 0 Å². The van der Waals surface area contributed by atoms with Crippen molar-refractivity contribution in [2.45, 2.75) is 44.8 Å². The molecule has 1 aliphatic rings. The number of hydrogen-bond acceptors (Lipinski definition) is 6. The maximum absolute atomic E-state index is 14.7. The third-order valence-electron chi connectivity index (χ3n) is 5.87. The minimum Gasteiger partial charge on any atom is -0.484 e. The molecule has 2 aromatic heterocycles. The van der Waals surface area contributed by atoms with Gasteiger partial charge in [0.25, 0.3) is 0 Å². The summed E-state index contributed by atoms with van der Waals surface area (Å²) in [5.74, 6) is 1.22. The maximum Gasteiger partial charge on any atom is 0.422 e. The number of fused-ring (bicyclic) bond motifs is 1. The van der Waals surface area contributed by atoms with Crippen LogP contribution in [0.2, 0.25) is 0 Å². The highest BCUT2D eigenvalue weighted by Gasteiger charge is 2.29. The number of ether oxygens (including phenoxy) is 1. The summed E-state index contributed by atoms with van der Waals surface area (Å²) in [7, 11) is 0. The lowest BCUT2D eigenvalue weighted by molar-refractivity contribution is -0.153. The fraction of sp³-hybridized carbons (Fsp3) is 0.333. The Morgan fingerprint density at radius 2 is 1.89 bits per heavy atom. The van der Waals surface area contributed by atoms with Crippen LogP contribution in [-0.2, 0) is 6.54 Å². The Balaban J connectivity index is 1.34. The Hall–Kier alpha value is -3.96. The van der Waals surface area contributed by atoms with Crippen LogP contribution < -0.4 is 10.1 Å². The van der Waals surface area contributed by atoms with Crippen molar-refractivity contribution < 1.29 is 22.3 Å². The van der Waals surface area contributed by atoms with E-state index < -0.39 is 18.6 Å². The smallest absolute Gasteiger partial charge is 0.422 e. The van der Waals surface area contributed by atoms with E-state index in [-0.39, 0.29) is 17.4 Å². The van der Waals surface area contributed by atoms with E-state index in [1.165, 1.54) is 29.2 Å². The summed E-state index contributed by atoms with van der Waals surface area (Å²) in [5.41, 5.74) is 1.67. The SMILES string of the molecule is Cc1ncn(-c2ccc(Nc3nc4n(n3)CCCC[C@@H]4c3ccc(OCC(F)(F)F)cc3)cc2F)n1. The average Bonchev–Trinajstić information content (AvgIpc) is 3.38. The Morgan fingerprint density at radius 3 is 2.58 bits per heavy atom. The van der Waals surface area contributed by atoms with Gasteiger partial charge in [0.15, 0.2) is 12.4 Å². The van der Waals surface area contributed by atoms with Crippen LogP contribution in [0.4, 0.5) is 29.2 Å². The number of rotatable bonds is 6. The van der Waals surface area contributed by atoms with Crippen molar-refractivity contribution in [3.8, 4) is 11.4 Å². The molecule has 1 aliphatic heterocycles. The summed E-state index contributed by atoms with van der Waals surface area (Å²) in [6, 6.07) is 11.2. The number of benzene rings is 2. The van der Waals surface area contributed by atoms with E-state index in [9.17, 15) is 17.6 Å². The number of nitrogens with one attached hydrogen (secondary N) is 1. The summed E-state index contributed by atoms with van der Waals surface area (Å²) < 4.78 is 60.0. The summed E-state index contributed by atoms with van der Waals surface area (Å²) in [6.07, 6.45) is -0.247. The number of nitrogens with zero attached hydrogens (tertiary/aromatic N) is 6. The van der Waals surface area contributed by atoms with E-state index in [1.54, 1.807) is 31.2 Å². The first-order valence-corrected chi connectivity index (χ1v) is 11.4. The molecule has 0 saturated carbocycles. The second-order valence-corrected chi connectivity index (χ2v) is 8.57. The molecule has 2 aromatic carbocycles. The molecule has 0 unspecified atom stereocenters. The fourth-order valence-corrected chi connectivity index (χ4v) is 4.21. The molecule has 0 aliphatic carbocycles. The molecule has 0 bridgehead atoms. The Kier molecular flexibility index (Phi) is 6.33. The van der Waals surface area contributed by atoms with Crippen LogP contribution in [0.3, 0.4) is 0 Å². The second kappa shape index (κ2) is 9.59. The molecule has 0 radical (unpaired) electrons. The number of aromatic nitrogens is 6. The highest BCUT2D eigenvalue weighted by molar-refractivity contribution is 5.56. The molecular weight excluding hydrogens is 478 g/mol. The first-order valence-electron chi connectivity index (χ1n) is 11.4. The normalized spacial score (nSPS) is 15.9. The van der Waals surface area contributed by atoms with Crippen molar-refractivity contribution in [3.63, 3.8) is 0 Å². The molecular formula is C24H23F4N7O. The Morgan fingerprint density at radius 1 is 1.08 bits per heavy atom. The van der Waals surface area contributed by atoms with Crippen LogP contribution in [-0.4, -0.2) is 42.3 Å². The molecule has 0 spiro atoms. The minimum atomic E-state index is -4.39. The monoisotopic (exact) mass is 501 g/mol. The minimum absolute atomic E-state index is 0.0816. The van der Waals surface area contributed by atoms with Gasteiger partial charge >= 0.3 is 6.18 Å². The Bertz CT molecular complexity index is 1350. The van der Waals surface area contributed by atoms with Crippen LogP contribution in [0.1, 0.15) is 42.4 Å². The van der Waals surface area contributed by atoms with Gasteiger partial charge in [-0.1, -0.05) is 18.6 Å². The first kappa shape index (κ1) is 23.8. The number of halogens is 4. The van der Waals surface area contributed by atoms with Crippen LogP contribution in [0, 0.1) is 12.7 Å². The Labute approximate surface area is 203 Å². The van der Waals surface area contributed by atoms with Gasteiger partial charge < -0.3 is 10.1 Å². The average molecular weight is 501 g/mol. The first-order chi connectivity index (χ1) is 17.2. The maximum atomic E-state index is 14.7. The van der Waals surface area contributed by atoms with E-state index in [2.05, 4.69) is 25.5 Å². The van der Waals surface area contributed by atoms with Crippen molar-refractivity contribution >= 4 is 11.6 Å². The van der Waals surface area contributed by atoms with E-state index in [4.69, 9.17) is 4.74 Å². The topological polar surface area (TPSA) is 82.7 Å². The predicted molar refractivity (Wildman–Crippen MR) is 123 cm³/mol. The van der Waals surface area contributed by atoms with Crippen molar-refractivity contribution in [1.82, 2.24) is 29.5 Å². The van der Waals surface area contributed by atoms with Gasteiger partial charge in [0, 0.05) is 18.2 Å². The summed E-state index contributed by atoms with van der Waals surface area (Å²) in [6.45, 7) is 1.08. The zero-order valence-corrected chi connectivity index (χ0v) is 19.3. The van der Waals surface area contributed by atoms with Crippen LogP contribution in [0.25, 0.3) is 5.69 Å². The van der Waals surface area contributed by atoms with E-state index in [0.29, 0.717) is 24.0 Å². The summed E-state index contributed by atoms with van der Waals surface area (Å²) >= 11 is 0. The van der Waals surface area contributed by atoms with E-state index >= 15 is 0 Å². The standard InChI is InChI=1S/C24H23F4N7O/c1-15-29-14-35(32-15)21-10-7-17(12-20(21)25)30-23-31-22-19(4-2-3-11-34(22)33-23)16-5-8-18(9-6-16)36-13-24(26,27)28/h5-10,12,14,19H,2-4,11,13H2,1H3,(H,30,33)/t19-/m1/s1. The molecule has 4 aromatic rings. The molecule has 36 heavy (non-hydrogen) atoms. The molecule has 1 N–H and O–H groups in total. The lowest BCUT2D eigenvalue weighted by Gasteiger charge is -2.15. The predicted octanol–water partition coefficient (Wildman–Crippen LogP) is 5.31. The van der Waals surface area contributed by atoms with Crippen molar-refractivity contribution in [2.24, 2.45) is 0 Å². The van der Waals surface area contributed by atoms with Gasteiger partial charge in [0.2, 0.25) is 5.95 Å². The van der Waals surface area contributed by atoms with Crippen molar-refractivity contribution in [2.75, 3.05) is 11.9 Å². The highest BCUT2D eigenvalue weighted by Crippen LogP contribution is 2.33. The van der Waals surface area contributed by atoms with Crippen molar-refractivity contribution in [3.05, 3.63) is 71.8 Å². The summed E-state index contributed by atoms with van der Waals surface area (Å²) in [4.78, 5) is 8.70. The third kappa shape index (κ3) is 5.31. The van der Waals surface area contributed by atoms with Gasteiger partial charge in [-0.3, -0.25) is 0 Å². The van der Waals surface area contributed by atoms with Gasteiger partial charge in [0.1, 0.15) is 29.4 Å². The number of hydrogen-bond donors (Lipinski definition) is 1. The van der Waals surface area contributed by atoms with Crippen LogP contribution in [0.5, 0.6) is 5.75 Å². The molecule has 1 atom stereocenters. The van der Waals surface area contributed by atoms with Gasteiger partial charge in [-0.15, -0.1) is 5.10 Å². The molecule has 12 heteroatoms. The molecule has 0 fully saturated rings. The number of alkyl halides is 3. The number of aryl methyl sites for hydroxylation is 2. The lowest BCUT2D eigenvalue weighted by Crippen LogP contribution is -2.19. The highest BCUT2D eigenvalue weighted by atomic mass is 19.4. The molecule has 188 valence electrons. The molecule has 0 saturated heterocycles. The molecule has 8 nitrogen and oxygen atoms in total. The molecule has 0 amide bonds. The second-order valence-electron chi connectivity index (χ2n) is 8.57. The van der Waals surface area contributed by atoms with Gasteiger partial charge in [-0.25, -0.2) is 18.7 Å². The van der Waals surface area contributed by atoms with Gasteiger partial charge in [-0.2, -0.15) is 23.3 Å². The lowest BCUT2D eigenvalue weighted by atomic mass is 9.93. The molecule has 3 heterocycles. The van der Waals surface area contributed by atoms with Crippen LogP contribution in [0.15, 0.2) is 48.8 Å². The van der Waals surface area contributed by atoms with Crippen LogP contribution >= 0.6 is 0 Å². The fourth-order valence-electron chi connectivity index (χ4n) is 4.21. The summed E-state index contributed by atoms with van der Waals surface area (Å²) in [5, 5.41) is 11.8. The van der Waals surface area contributed by atoms with E-state index in [1.807, 2.05) is 4.68 Å². The zero-order chi connectivity index (χ0) is 25.3. The number of anilines is 2. The zero-order valence-electron chi connectivity index (χ0n) is 19.3. The van der Waals surface area contributed by atoms with Crippen molar-refractivity contribution in [1.29, 1.82) is 0 Å². The van der Waals surface area contributed by atoms with Gasteiger partial charge in [-0.05, 0) is 55.7 Å². The quantitative estimate of drug-likeness (QED) is 0.361. The third-order valence-corrected chi connectivity index (χ3v) is 5.87. The van der Waals surface area contributed by atoms with E-state index in [0.717, 1.165) is 30.7 Å². The largest absolute Gasteiger partial charge is 0.484 e. The molecule has 5 rings (SSSR count).